The van der Waals surface area contributed by atoms with Gasteiger partial charge >= 0.3 is 0 Å². The van der Waals surface area contributed by atoms with Crippen molar-refractivity contribution >= 4 is 46.5 Å². The van der Waals surface area contributed by atoms with E-state index in [0.717, 1.165) is 61.7 Å². The largest absolute Gasteiger partial charge is 0.378 e. The number of hydrogen-bond acceptors (Lipinski definition) is 3. The molecule has 0 radical (unpaired) electrons. The zero-order chi connectivity index (χ0) is 21.5. The van der Waals surface area contributed by atoms with E-state index in [9.17, 15) is 4.39 Å². The maximum atomic E-state index is 13.6. The van der Waals surface area contributed by atoms with E-state index in [4.69, 9.17) is 9.73 Å². The molecule has 3 N–H and O–H groups in total. The zero-order valence-electron chi connectivity index (χ0n) is 18.4. The molecule has 2 heterocycles. The van der Waals surface area contributed by atoms with Crippen LogP contribution in [0, 0.1) is 5.82 Å². The summed E-state index contributed by atoms with van der Waals surface area (Å²) in [5.74, 6) is 0.570. The maximum absolute atomic E-state index is 13.6. The van der Waals surface area contributed by atoms with E-state index in [1.54, 1.807) is 12.1 Å². The second-order valence-electron chi connectivity index (χ2n) is 7.60. The molecule has 1 fully saturated rings. The van der Waals surface area contributed by atoms with Gasteiger partial charge in [0.05, 0.1) is 19.8 Å². The van der Waals surface area contributed by atoms with Crippen molar-refractivity contribution in [3.8, 4) is 0 Å². The number of anilines is 1. The Kier molecular flexibility index (Phi) is 9.16. The first-order valence-electron chi connectivity index (χ1n) is 10.9. The highest BCUT2D eigenvalue weighted by molar-refractivity contribution is 14.0. The molecule has 3 aromatic rings. The minimum Gasteiger partial charge on any atom is -0.378 e. The van der Waals surface area contributed by atoms with Gasteiger partial charge in [-0.1, -0.05) is 18.2 Å². The molecule has 6 nitrogen and oxygen atoms in total. The van der Waals surface area contributed by atoms with Gasteiger partial charge in [0.2, 0.25) is 0 Å². The summed E-state index contributed by atoms with van der Waals surface area (Å²) in [5.41, 5.74) is 4.48. The lowest BCUT2D eigenvalue weighted by Gasteiger charge is -2.30. The van der Waals surface area contributed by atoms with Crippen LogP contribution < -0.4 is 15.5 Å². The number of aliphatic imine (C=N–C) groups is 1. The number of benzene rings is 2. The van der Waals surface area contributed by atoms with Crippen LogP contribution in [0.1, 0.15) is 18.1 Å². The molecule has 0 unspecified atom stereocenters. The number of aromatic nitrogens is 1. The van der Waals surface area contributed by atoms with E-state index in [1.165, 1.54) is 17.3 Å². The van der Waals surface area contributed by atoms with Gasteiger partial charge in [0.15, 0.2) is 5.96 Å². The molecule has 0 bridgehead atoms. The van der Waals surface area contributed by atoms with Gasteiger partial charge in [0, 0.05) is 49.0 Å². The maximum Gasteiger partial charge on any atom is 0.191 e. The quantitative estimate of drug-likeness (QED) is 0.236. The van der Waals surface area contributed by atoms with Gasteiger partial charge in [0.1, 0.15) is 5.82 Å². The average molecular weight is 551 g/mol. The second kappa shape index (κ2) is 12.1. The number of hydrogen-bond donors (Lipinski definition) is 3. The van der Waals surface area contributed by atoms with E-state index in [2.05, 4.69) is 51.7 Å². The number of H-pyrrole nitrogens is 1. The summed E-state index contributed by atoms with van der Waals surface area (Å²) >= 11 is 0. The van der Waals surface area contributed by atoms with E-state index in [-0.39, 0.29) is 29.8 Å². The highest BCUT2D eigenvalue weighted by atomic mass is 127. The Morgan fingerprint density at radius 3 is 2.75 bits per heavy atom. The van der Waals surface area contributed by atoms with Crippen molar-refractivity contribution in [3.05, 3.63) is 65.6 Å². The van der Waals surface area contributed by atoms with Crippen molar-refractivity contribution in [2.75, 3.05) is 44.3 Å². The fourth-order valence-corrected chi connectivity index (χ4v) is 3.94. The van der Waals surface area contributed by atoms with Gasteiger partial charge in [-0.3, -0.25) is 0 Å². The first-order valence-corrected chi connectivity index (χ1v) is 10.9. The molecule has 8 heteroatoms. The lowest BCUT2D eigenvalue weighted by atomic mass is 10.1. The third kappa shape index (κ3) is 6.13. The second-order valence-corrected chi connectivity index (χ2v) is 7.60. The van der Waals surface area contributed by atoms with Crippen molar-refractivity contribution in [3.63, 3.8) is 0 Å². The molecule has 1 aliphatic heterocycles. The van der Waals surface area contributed by atoms with Gasteiger partial charge < -0.3 is 25.3 Å². The van der Waals surface area contributed by atoms with Crippen LogP contribution in [0.4, 0.5) is 10.1 Å². The monoisotopic (exact) mass is 551 g/mol. The molecule has 2 aromatic carbocycles. The third-order valence-electron chi connectivity index (χ3n) is 5.51. The van der Waals surface area contributed by atoms with Gasteiger partial charge in [0.25, 0.3) is 0 Å². The Hall–Kier alpha value is -2.33. The predicted molar refractivity (Wildman–Crippen MR) is 140 cm³/mol. The Morgan fingerprint density at radius 1 is 1.12 bits per heavy atom. The van der Waals surface area contributed by atoms with Crippen LogP contribution in [0.3, 0.4) is 0 Å². The minimum atomic E-state index is -0.213. The molecule has 1 aliphatic rings. The van der Waals surface area contributed by atoms with Crippen LogP contribution in [0.25, 0.3) is 10.9 Å². The number of para-hydroxylation sites is 1. The molecule has 1 saturated heterocycles. The SMILES string of the molecule is CCNC(=NCc1ccccc1N1CCOCC1)NCCc1c[nH]c2ccc(F)cc12.I. The molecule has 0 amide bonds. The van der Waals surface area contributed by atoms with Crippen LogP contribution in [0.5, 0.6) is 0 Å². The number of nitrogens with zero attached hydrogens (tertiary/aromatic N) is 2. The average Bonchev–Trinajstić information content (AvgIpc) is 3.20. The number of ether oxygens (including phenoxy) is 1. The van der Waals surface area contributed by atoms with Gasteiger partial charge in [-0.25, -0.2) is 9.38 Å². The van der Waals surface area contributed by atoms with Crippen molar-refractivity contribution in [2.24, 2.45) is 4.99 Å². The third-order valence-corrected chi connectivity index (χ3v) is 5.51. The number of nitrogens with one attached hydrogen (secondary N) is 3. The predicted octanol–water partition coefficient (Wildman–Crippen LogP) is 4.06. The van der Waals surface area contributed by atoms with Crippen molar-refractivity contribution in [1.82, 2.24) is 15.6 Å². The van der Waals surface area contributed by atoms with Crippen molar-refractivity contribution < 1.29 is 9.13 Å². The van der Waals surface area contributed by atoms with Crippen LogP contribution in [-0.4, -0.2) is 50.3 Å². The number of morpholine rings is 1. The first-order chi connectivity index (χ1) is 15.2. The van der Waals surface area contributed by atoms with Crippen molar-refractivity contribution in [1.29, 1.82) is 0 Å². The number of aromatic amines is 1. The fraction of sp³-hybridized carbons (Fsp3) is 0.375. The van der Waals surface area contributed by atoms with Crippen molar-refractivity contribution in [2.45, 2.75) is 19.9 Å². The molecule has 0 atom stereocenters. The topological polar surface area (TPSA) is 64.7 Å². The number of halogens is 2. The number of fused-ring (bicyclic) bond motifs is 1. The molecule has 0 saturated carbocycles. The molecule has 1 aromatic heterocycles. The highest BCUT2D eigenvalue weighted by Crippen LogP contribution is 2.22. The molecule has 4 rings (SSSR count). The number of rotatable bonds is 7. The van der Waals surface area contributed by atoms with Crippen LogP contribution >= 0.6 is 24.0 Å². The molecular formula is C24H31FIN5O. The Morgan fingerprint density at radius 2 is 1.94 bits per heavy atom. The normalized spacial score (nSPS) is 14.3. The minimum absolute atomic E-state index is 0. The summed E-state index contributed by atoms with van der Waals surface area (Å²) in [6.07, 6.45) is 2.73. The Balaban J connectivity index is 0.00000289. The smallest absolute Gasteiger partial charge is 0.191 e. The van der Waals surface area contributed by atoms with E-state index >= 15 is 0 Å². The van der Waals surface area contributed by atoms with Crippen LogP contribution in [-0.2, 0) is 17.7 Å². The Labute approximate surface area is 205 Å². The molecule has 0 aliphatic carbocycles. The molecule has 172 valence electrons. The zero-order valence-corrected chi connectivity index (χ0v) is 20.7. The van der Waals surface area contributed by atoms with Gasteiger partial charge in [-0.2, -0.15) is 0 Å². The van der Waals surface area contributed by atoms with Gasteiger partial charge in [-0.15, -0.1) is 24.0 Å². The molecular weight excluding hydrogens is 520 g/mol. The standard InChI is InChI=1S/C24H30FN5O.HI/c1-2-26-24(27-10-9-18-16-28-22-8-7-20(25)15-21(18)22)29-17-19-5-3-4-6-23(19)30-11-13-31-14-12-30;/h3-8,15-16,28H,2,9-14,17H2,1H3,(H2,26,27,29);1H. The lowest BCUT2D eigenvalue weighted by Crippen LogP contribution is -2.38. The number of guanidine groups is 1. The summed E-state index contributed by atoms with van der Waals surface area (Å²) in [6, 6.07) is 13.3. The fourth-order valence-electron chi connectivity index (χ4n) is 3.94. The summed E-state index contributed by atoms with van der Waals surface area (Å²) in [4.78, 5) is 10.4. The van der Waals surface area contributed by atoms with E-state index in [0.29, 0.717) is 13.1 Å². The first kappa shape index (κ1) is 24.3. The van der Waals surface area contributed by atoms with E-state index in [1.807, 2.05) is 6.20 Å². The van der Waals surface area contributed by atoms with E-state index < -0.39 is 0 Å². The molecule has 32 heavy (non-hydrogen) atoms. The molecule has 0 spiro atoms. The Bertz CT molecular complexity index is 1030. The highest BCUT2D eigenvalue weighted by Gasteiger charge is 2.14. The summed E-state index contributed by atoms with van der Waals surface area (Å²) in [6.45, 7) is 7.49. The summed E-state index contributed by atoms with van der Waals surface area (Å²) in [7, 11) is 0. The van der Waals surface area contributed by atoms with Crippen LogP contribution in [0.2, 0.25) is 0 Å². The van der Waals surface area contributed by atoms with Crippen LogP contribution in [0.15, 0.2) is 53.7 Å². The summed E-state index contributed by atoms with van der Waals surface area (Å²) in [5, 5.41) is 7.65. The lowest BCUT2D eigenvalue weighted by molar-refractivity contribution is 0.122. The summed E-state index contributed by atoms with van der Waals surface area (Å²) < 4.78 is 19.1. The van der Waals surface area contributed by atoms with Gasteiger partial charge in [-0.05, 0) is 48.7 Å².